The van der Waals surface area contributed by atoms with Crippen molar-refractivity contribution >= 4 is 26.0 Å². The van der Waals surface area contributed by atoms with Gasteiger partial charge in [0.1, 0.15) is 0 Å². The summed E-state index contributed by atoms with van der Waals surface area (Å²) in [6.07, 6.45) is 3.17. The molecule has 1 aromatic carbocycles. The highest BCUT2D eigenvalue weighted by atomic mass is 79.9. The van der Waals surface area contributed by atoms with Crippen molar-refractivity contribution in [3.05, 3.63) is 28.2 Å². The van der Waals surface area contributed by atoms with Gasteiger partial charge < -0.3 is 0 Å². The Labute approximate surface area is 124 Å². The van der Waals surface area contributed by atoms with Gasteiger partial charge >= 0.3 is 0 Å². The lowest BCUT2D eigenvalue weighted by Gasteiger charge is -2.22. The summed E-state index contributed by atoms with van der Waals surface area (Å²) in [6.45, 7) is 5.14. The first kappa shape index (κ1) is 15.0. The summed E-state index contributed by atoms with van der Waals surface area (Å²) < 4.78 is 28.0. The van der Waals surface area contributed by atoms with Crippen molar-refractivity contribution in [1.82, 2.24) is 4.31 Å². The summed E-state index contributed by atoms with van der Waals surface area (Å²) in [5.74, 6) is 0.564. The molecule has 0 bridgehead atoms. The zero-order chi connectivity index (χ0) is 14.0. The Morgan fingerprint density at radius 2 is 2.05 bits per heavy atom. The Bertz CT molecular complexity index is 553. The maximum Gasteiger partial charge on any atom is 0.243 e. The van der Waals surface area contributed by atoms with Gasteiger partial charge in [0.05, 0.1) is 4.90 Å². The van der Waals surface area contributed by atoms with Crippen molar-refractivity contribution in [3.63, 3.8) is 0 Å². The fraction of sp³-hybridized carbons (Fsp3) is 0.571. The Morgan fingerprint density at radius 1 is 1.37 bits per heavy atom. The first-order chi connectivity index (χ1) is 8.95. The summed E-state index contributed by atoms with van der Waals surface area (Å²) in [7, 11) is -3.37. The lowest BCUT2D eigenvalue weighted by Crippen LogP contribution is -2.34. The monoisotopic (exact) mass is 345 g/mol. The number of nitrogens with zero attached hydrogens (tertiary/aromatic N) is 1. The van der Waals surface area contributed by atoms with Crippen molar-refractivity contribution < 1.29 is 8.42 Å². The molecule has 1 aromatic rings. The van der Waals surface area contributed by atoms with E-state index in [0.717, 1.165) is 29.3 Å². The van der Waals surface area contributed by atoms with Gasteiger partial charge in [-0.3, -0.25) is 0 Å². The molecule has 0 radical (unpaired) electrons. The van der Waals surface area contributed by atoms with Crippen molar-refractivity contribution in [2.45, 2.75) is 38.0 Å². The van der Waals surface area contributed by atoms with E-state index < -0.39 is 10.0 Å². The topological polar surface area (TPSA) is 37.4 Å². The molecule has 1 fully saturated rings. The van der Waals surface area contributed by atoms with Crippen molar-refractivity contribution in [2.75, 3.05) is 13.1 Å². The van der Waals surface area contributed by atoms with Gasteiger partial charge in [0, 0.05) is 17.6 Å². The van der Waals surface area contributed by atoms with Gasteiger partial charge in [0.15, 0.2) is 0 Å². The predicted octanol–water partition coefficient (Wildman–Crippen LogP) is 3.57. The number of rotatable bonds is 6. The second-order valence-electron chi connectivity index (χ2n) is 5.22. The molecule has 1 aliphatic rings. The molecule has 0 spiro atoms. The zero-order valence-corrected chi connectivity index (χ0v) is 13.8. The lowest BCUT2D eigenvalue weighted by atomic mass is 10.2. The summed E-state index contributed by atoms with van der Waals surface area (Å²) in [5.41, 5.74) is 0.806. The van der Waals surface area contributed by atoms with Gasteiger partial charge in [0.2, 0.25) is 10.0 Å². The van der Waals surface area contributed by atoms with Crippen LogP contribution in [0.3, 0.4) is 0 Å². The van der Waals surface area contributed by atoms with E-state index in [1.54, 1.807) is 10.4 Å². The van der Waals surface area contributed by atoms with Gasteiger partial charge in [-0.1, -0.05) is 28.9 Å². The first-order valence-electron chi connectivity index (χ1n) is 6.71. The third-order valence-corrected chi connectivity index (χ3v) is 5.90. The number of aryl methyl sites for hydroxylation is 1. The van der Waals surface area contributed by atoms with Crippen LogP contribution in [0.1, 0.15) is 31.7 Å². The fourth-order valence-electron chi connectivity index (χ4n) is 2.14. The molecule has 0 aromatic heterocycles. The molecule has 1 saturated carbocycles. The van der Waals surface area contributed by atoms with E-state index in [2.05, 4.69) is 15.9 Å². The third-order valence-electron chi connectivity index (χ3n) is 3.40. The Balaban J connectivity index is 2.34. The minimum absolute atomic E-state index is 0.427. The molecular weight excluding hydrogens is 326 g/mol. The zero-order valence-electron chi connectivity index (χ0n) is 11.4. The third kappa shape index (κ3) is 3.58. The molecule has 106 valence electrons. The van der Waals surface area contributed by atoms with Crippen molar-refractivity contribution in [2.24, 2.45) is 5.92 Å². The summed E-state index contributed by atoms with van der Waals surface area (Å²) in [4.78, 5) is 0.427. The number of benzene rings is 1. The Hall–Kier alpha value is -0.390. The van der Waals surface area contributed by atoms with Crippen molar-refractivity contribution in [1.29, 1.82) is 0 Å². The van der Waals surface area contributed by atoms with E-state index in [0.29, 0.717) is 23.9 Å². The molecule has 3 nitrogen and oxygen atoms in total. The van der Waals surface area contributed by atoms with Crippen LogP contribution in [0.5, 0.6) is 0 Å². The number of hydrogen-bond acceptors (Lipinski definition) is 2. The maximum absolute atomic E-state index is 12.8. The minimum Gasteiger partial charge on any atom is -0.207 e. The van der Waals surface area contributed by atoms with E-state index >= 15 is 0 Å². The van der Waals surface area contributed by atoms with Gasteiger partial charge in [-0.15, -0.1) is 0 Å². The molecular formula is C14H20BrNO2S. The normalized spacial score (nSPS) is 16.0. The van der Waals surface area contributed by atoms with E-state index in [-0.39, 0.29) is 0 Å². The van der Waals surface area contributed by atoms with Crippen LogP contribution in [-0.2, 0) is 10.0 Å². The number of sulfonamides is 1. The second kappa shape index (κ2) is 5.94. The lowest BCUT2D eigenvalue weighted by molar-refractivity contribution is 0.395. The van der Waals surface area contributed by atoms with Crippen LogP contribution >= 0.6 is 15.9 Å². The summed E-state index contributed by atoms with van der Waals surface area (Å²) in [5, 5.41) is 0. The van der Waals surface area contributed by atoms with Gasteiger partial charge in [-0.05, 0) is 49.8 Å². The molecule has 0 N–H and O–H groups in total. The second-order valence-corrected chi connectivity index (χ2v) is 8.04. The van der Waals surface area contributed by atoms with E-state index in [1.165, 1.54) is 0 Å². The summed E-state index contributed by atoms with van der Waals surface area (Å²) >= 11 is 3.36. The van der Waals surface area contributed by atoms with Crippen LogP contribution in [0.25, 0.3) is 0 Å². The van der Waals surface area contributed by atoms with E-state index in [1.807, 2.05) is 26.0 Å². The van der Waals surface area contributed by atoms with Crippen molar-refractivity contribution in [3.8, 4) is 0 Å². The van der Waals surface area contributed by atoms with E-state index in [4.69, 9.17) is 0 Å². The Morgan fingerprint density at radius 3 is 2.63 bits per heavy atom. The predicted molar refractivity (Wildman–Crippen MR) is 80.7 cm³/mol. The molecule has 5 heteroatoms. The average molecular weight is 346 g/mol. The number of halogens is 1. The van der Waals surface area contributed by atoms with E-state index in [9.17, 15) is 8.42 Å². The van der Waals surface area contributed by atoms with Crippen LogP contribution in [0.2, 0.25) is 0 Å². The highest BCUT2D eigenvalue weighted by molar-refractivity contribution is 9.10. The van der Waals surface area contributed by atoms with Crippen LogP contribution < -0.4 is 0 Å². The molecule has 0 aliphatic heterocycles. The maximum atomic E-state index is 12.8. The standard InChI is InChI=1S/C14H20BrNO2S/c1-3-8-16(10-12-5-6-12)19(17,18)14-9-13(15)7-4-11(14)2/h4,7,9,12H,3,5-6,8,10H2,1-2H3. The molecule has 2 rings (SSSR count). The fourth-order valence-corrected chi connectivity index (χ4v) is 4.51. The molecule has 0 unspecified atom stereocenters. The highest BCUT2D eigenvalue weighted by Gasteiger charge is 2.31. The summed E-state index contributed by atoms with van der Waals surface area (Å²) in [6, 6.07) is 5.43. The first-order valence-corrected chi connectivity index (χ1v) is 8.94. The highest BCUT2D eigenvalue weighted by Crippen LogP contribution is 2.32. The molecule has 0 saturated heterocycles. The van der Waals surface area contributed by atoms with Crippen LogP contribution in [0.4, 0.5) is 0 Å². The number of hydrogen-bond donors (Lipinski definition) is 0. The molecule has 0 heterocycles. The van der Waals surface area contributed by atoms with Gasteiger partial charge in [-0.25, -0.2) is 8.42 Å². The SMILES string of the molecule is CCCN(CC1CC1)S(=O)(=O)c1cc(Br)ccc1C. The average Bonchev–Trinajstić information content (AvgIpc) is 3.15. The quantitative estimate of drug-likeness (QED) is 0.790. The van der Waals surface area contributed by atoms with Gasteiger partial charge in [0.25, 0.3) is 0 Å². The smallest absolute Gasteiger partial charge is 0.207 e. The van der Waals surface area contributed by atoms with Crippen LogP contribution in [-0.4, -0.2) is 25.8 Å². The van der Waals surface area contributed by atoms with Crippen LogP contribution in [0, 0.1) is 12.8 Å². The largest absolute Gasteiger partial charge is 0.243 e. The van der Waals surface area contributed by atoms with Gasteiger partial charge in [-0.2, -0.15) is 4.31 Å². The Kier molecular flexibility index (Phi) is 4.69. The molecule has 0 atom stereocenters. The molecule has 1 aliphatic carbocycles. The molecule has 19 heavy (non-hydrogen) atoms. The van der Waals surface area contributed by atoms with Crippen LogP contribution in [0.15, 0.2) is 27.6 Å². The minimum atomic E-state index is -3.37. The molecule has 0 amide bonds.